The van der Waals surface area contributed by atoms with Crippen molar-refractivity contribution in [1.82, 2.24) is 5.32 Å². The summed E-state index contributed by atoms with van der Waals surface area (Å²) in [7, 11) is 0. The lowest BCUT2D eigenvalue weighted by atomic mass is 10.0. The van der Waals surface area contributed by atoms with E-state index in [1.54, 1.807) is 0 Å². The molecule has 4 heteroatoms. The number of carbonyl (C=O) groups is 1. The number of amides is 1. The molecule has 108 valence electrons. The van der Waals surface area contributed by atoms with Crippen LogP contribution in [-0.2, 0) is 11.2 Å². The minimum absolute atomic E-state index is 0.148. The molecule has 0 bridgehead atoms. The number of fused-ring (bicyclic) bond motifs is 1. The molecule has 1 saturated heterocycles. The number of carbonyl (C=O) groups excluding carboxylic acids is 1. The van der Waals surface area contributed by atoms with E-state index in [-0.39, 0.29) is 11.9 Å². The molecule has 4 nitrogen and oxygen atoms in total. The van der Waals surface area contributed by atoms with Gasteiger partial charge in [-0.3, -0.25) is 4.79 Å². The van der Waals surface area contributed by atoms with Gasteiger partial charge in [0, 0.05) is 36.8 Å². The van der Waals surface area contributed by atoms with E-state index in [1.807, 2.05) is 6.92 Å². The van der Waals surface area contributed by atoms with Gasteiger partial charge in [-0.2, -0.15) is 0 Å². The number of hydrogen-bond donors (Lipinski definition) is 1. The Kier molecular flexibility index (Phi) is 3.81. The van der Waals surface area contributed by atoms with Gasteiger partial charge in [0.15, 0.2) is 0 Å². The van der Waals surface area contributed by atoms with E-state index in [9.17, 15) is 4.79 Å². The van der Waals surface area contributed by atoms with Gasteiger partial charge in [0.2, 0.25) is 5.91 Å². The highest BCUT2D eigenvalue weighted by atomic mass is 16.5. The fourth-order valence-corrected chi connectivity index (χ4v) is 3.09. The van der Waals surface area contributed by atoms with Gasteiger partial charge in [0.25, 0.3) is 0 Å². The number of anilines is 1. The summed E-state index contributed by atoms with van der Waals surface area (Å²) in [6, 6.07) is 6.59. The zero-order valence-electron chi connectivity index (χ0n) is 12.0. The number of nitrogens with zero attached hydrogens (tertiary/aromatic N) is 1. The molecule has 0 aliphatic carbocycles. The molecule has 1 atom stereocenters. The van der Waals surface area contributed by atoms with Crippen LogP contribution in [0.3, 0.4) is 0 Å². The molecule has 0 saturated carbocycles. The van der Waals surface area contributed by atoms with Crippen molar-refractivity contribution < 1.29 is 9.53 Å². The van der Waals surface area contributed by atoms with Crippen molar-refractivity contribution in [3.8, 4) is 5.75 Å². The highest BCUT2D eigenvalue weighted by molar-refractivity contribution is 5.76. The molecule has 2 heterocycles. The van der Waals surface area contributed by atoms with Gasteiger partial charge >= 0.3 is 0 Å². The lowest BCUT2D eigenvalue weighted by Gasteiger charge is -2.26. The van der Waals surface area contributed by atoms with Crippen molar-refractivity contribution >= 4 is 11.6 Å². The van der Waals surface area contributed by atoms with Crippen LogP contribution >= 0.6 is 0 Å². The molecule has 2 aliphatic rings. The van der Waals surface area contributed by atoms with Gasteiger partial charge < -0.3 is 15.0 Å². The second-order valence-electron chi connectivity index (χ2n) is 5.56. The first-order valence-corrected chi connectivity index (χ1v) is 7.57. The topological polar surface area (TPSA) is 41.6 Å². The Bertz CT molecular complexity index is 501. The lowest BCUT2D eigenvalue weighted by Crippen LogP contribution is -2.36. The van der Waals surface area contributed by atoms with E-state index in [1.165, 1.54) is 11.3 Å². The van der Waals surface area contributed by atoms with Gasteiger partial charge in [-0.1, -0.05) is 13.0 Å². The first-order valence-electron chi connectivity index (χ1n) is 7.57. The molecule has 2 aliphatic heterocycles. The van der Waals surface area contributed by atoms with Crippen molar-refractivity contribution in [2.75, 3.05) is 24.6 Å². The third kappa shape index (κ3) is 2.60. The number of hydrogen-bond acceptors (Lipinski definition) is 3. The molecular weight excluding hydrogens is 252 g/mol. The number of ether oxygens (including phenoxy) is 1. The Balaban J connectivity index is 1.73. The highest BCUT2D eigenvalue weighted by Crippen LogP contribution is 2.34. The Morgan fingerprint density at radius 3 is 3.25 bits per heavy atom. The summed E-state index contributed by atoms with van der Waals surface area (Å²) < 4.78 is 5.74. The SMILES string of the molecule is CCC(=O)N[C@H]1CCN(c2cccc3c2CCCO3)C1. The zero-order valence-corrected chi connectivity index (χ0v) is 12.0. The average Bonchev–Trinajstić information content (AvgIpc) is 2.94. The molecule has 1 aromatic carbocycles. The molecule has 0 radical (unpaired) electrons. The molecule has 0 unspecified atom stereocenters. The third-order valence-electron chi connectivity index (χ3n) is 4.15. The first-order chi connectivity index (χ1) is 9.78. The van der Waals surface area contributed by atoms with Crippen LogP contribution in [0.2, 0.25) is 0 Å². The number of benzene rings is 1. The monoisotopic (exact) mass is 274 g/mol. The Labute approximate surface area is 120 Å². The van der Waals surface area contributed by atoms with Crippen LogP contribution in [-0.4, -0.2) is 31.6 Å². The average molecular weight is 274 g/mol. The normalized spacial score (nSPS) is 21.2. The van der Waals surface area contributed by atoms with Crippen LogP contribution in [0.5, 0.6) is 5.75 Å². The van der Waals surface area contributed by atoms with Crippen LogP contribution in [0.15, 0.2) is 18.2 Å². The molecule has 1 N–H and O–H groups in total. The van der Waals surface area contributed by atoms with Crippen molar-refractivity contribution in [3.63, 3.8) is 0 Å². The predicted molar refractivity (Wildman–Crippen MR) is 79.3 cm³/mol. The second kappa shape index (κ2) is 5.73. The quantitative estimate of drug-likeness (QED) is 0.918. The molecule has 1 fully saturated rings. The van der Waals surface area contributed by atoms with Gasteiger partial charge in [-0.25, -0.2) is 0 Å². The largest absolute Gasteiger partial charge is 0.493 e. The maximum Gasteiger partial charge on any atom is 0.219 e. The highest BCUT2D eigenvalue weighted by Gasteiger charge is 2.26. The number of rotatable bonds is 3. The summed E-state index contributed by atoms with van der Waals surface area (Å²) in [5, 5.41) is 3.10. The summed E-state index contributed by atoms with van der Waals surface area (Å²) in [5.41, 5.74) is 2.62. The van der Waals surface area contributed by atoms with Gasteiger partial charge in [-0.15, -0.1) is 0 Å². The lowest BCUT2D eigenvalue weighted by molar-refractivity contribution is -0.121. The minimum atomic E-state index is 0.148. The maximum atomic E-state index is 11.5. The Morgan fingerprint density at radius 1 is 1.50 bits per heavy atom. The van der Waals surface area contributed by atoms with Crippen LogP contribution in [0.25, 0.3) is 0 Å². The smallest absolute Gasteiger partial charge is 0.219 e. The van der Waals surface area contributed by atoms with Crippen LogP contribution in [0.1, 0.15) is 31.7 Å². The summed E-state index contributed by atoms with van der Waals surface area (Å²) in [6.07, 6.45) is 3.77. The van der Waals surface area contributed by atoms with Crippen molar-refractivity contribution in [1.29, 1.82) is 0 Å². The van der Waals surface area contributed by atoms with E-state index in [0.717, 1.165) is 44.7 Å². The standard InChI is InChI=1S/C16H22N2O2/c1-2-16(19)17-12-8-9-18(11-12)14-6-3-7-15-13(14)5-4-10-20-15/h3,6-7,12H,2,4-5,8-11H2,1H3,(H,17,19)/t12-/m0/s1. The second-order valence-corrected chi connectivity index (χ2v) is 5.56. The van der Waals surface area contributed by atoms with E-state index in [2.05, 4.69) is 28.4 Å². The molecule has 3 rings (SSSR count). The Hall–Kier alpha value is -1.71. The summed E-state index contributed by atoms with van der Waals surface area (Å²) >= 11 is 0. The summed E-state index contributed by atoms with van der Waals surface area (Å²) in [6.45, 7) is 4.63. The molecular formula is C16H22N2O2. The molecule has 20 heavy (non-hydrogen) atoms. The van der Waals surface area contributed by atoms with Crippen LogP contribution in [0, 0.1) is 0 Å². The number of nitrogens with one attached hydrogen (secondary N) is 1. The molecule has 1 aromatic rings. The zero-order chi connectivity index (χ0) is 13.9. The van der Waals surface area contributed by atoms with Gasteiger partial charge in [-0.05, 0) is 31.4 Å². The van der Waals surface area contributed by atoms with E-state index < -0.39 is 0 Å². The predicted octanol–water partition coefficient (Wildman–Crippen LogP) is 2.12. The Morgan fingerprint density at radius 2 is 2.40 bits per heavy atom. The van der Waals surface area contributed by atoms with E-state index >= 15 is 0 Å². The molecule has 0 aromatic heterocycles. The van der Waals surface area contributed by atoms with Crippen LogP contribution < -0.4 is 15.0 Å². The summed E-state index contributed by atoms with van der Waals surface area (Å²) in [4.78, 5) is 13.9. The van der Waals surface area contributed by atoms with Crippen LogP contribution in [0.4, 0.5) is 5.69 Å². The first kappa shape index (κ1) is 13.3. The summed E-state index contributed by atoms with van der Waals surface area (Å²) in [5.74, 6) is 1.19. The van der Waals surface area contributed by atoms with E-state index in [4.69, 9.17) is 4.74 Å². The fraction of sp³-hybridized carbons (Fsp3) is 0.562. The van der Waals surface area contributed by atoms with Crippen molar-refractivity contribution in [2.45, 2.75) is 38.6 Å². The molecule has 1 amide bonds. The molecule has 0 spiro atoms. The minimum Gasteiger partial charge on any atom is -0.493 e. The third-order valence-corrected chi connectivity index (χ3v) is 4.15. The van der Waals surface area contributed by atoms with Crippen molar-refractivity contribution in [2.24, 2.45) is 0 Å². The van der Waals surface area contributed by atoms with Gasteiger partial charge in [0.05, 0.1) is 6.61 Å². The van der Waals surface area contributed by atoms with Gasteiger partial charge in [0.1, 0.15) is 5.75 Å². The maximum absolute atomic E-state index is 11.5. The van der Waals surface area contributed by atoms with Crippen molar-refractivity contribution in [3.05, 3.63) is 23.8 Å². The van der Waals surface area contributed by atoms with E-state index in [0.29, 0.717) is 6.42 Å². The fourth-order valence-electron chi connectivity index (χ4n) is 3.09.